The number of nitrogens with one attached hydrogen (secondary N) is 1. The molecule has 0 radical (unpaired) electrons. The average Bonchev–Trinajstić information content (AvgIpc) is 2.40. The Labute approximate surface area is 112 Å². The van der Waals surface area contributed by atoms with Gasteiger partial charge < -0.3 is 10.1 Å². The summed E-state index contributed by atoms with van der Waals surface area (Å²) in [5, 5.41) is 3.36. The van der Waals surface area contributed by atoms with Gasteiger partial charge in [0.1, 0.15) is 5.75 Å². The maximum absolute atomic E-state index is 12.1. The minimum Gasteiger partial charge on any atom is -0.497 e. The van der Waals surface area contributed by atoms with Gasteiger partial charge in [-0.2, -0.15) is 0 Å². The van der Waals surface area contributed by atoms with Crippen LogP contribution in [0.1, 0.15) is 31.9 Å². The highest BCUT2D eigenvalue weighted by molar-refractivity contribution is 7.85. The van der Waals surface area contributed by atoms with Gasteiger partial charge in [0.2, 0.25) is 0 Å². The van der Waals surface area contributed by atoms with Crippen molar-refractivity contribution in [2.75, 3.05) is 19.9 Å². The van der Waals surface area contributed by atoms with Crippen LogP contribution in [0, 0.1) is 0 Å². The maximum Gasteiger partial charge on any atom is 0.118 e. The maximum atomic E-state index is 12.1. The Morgan fingerprint density at radius 2 is 1.94 bits per heavy atom. The van der Waals surface area contributed by atoms with E-state index in [1.165, 1.54) is 0 Å². The molecule has 0 aromatic heterocycles. The second-order valence-electron chi connectivity index (χ2n) is 4.33. The highest BCUT2D eigenvalue weighted by Crippen LogP contribution is 2.23. The van der Waals surface area contributed by atoms with Crippen LogP contribution in [-0.2, 0) is 10.8 Å². The molecule has 18 heavy (non-hydrogen) atoms. The van der Waals surface area contributed by atoms with Gasteiger partial charge in [-0.15, -0.1) is 0 Å². The van der Waals surface area contributed by atoms with Crippen molar-refractivity contribution in [3.8, 4) is 5.75 Å². The Kier molecular flexibility index (Phi) is 6.36. The Morgan fingerprint density at radius 1 is 1.33 bits per heavy atom. The molecule has 0 amide bonds. The third kappa shape index (κ3) is 3.82. The molecule has 0 aliphatic carbocycles. The fraction of sp³-hybridized carbons (Fsp3) is 0.571. The molecule has 1 N–H and O–H groups in total. The number of hydrogen-bond acceptors (Lipinski definition) is 3. The molecule has 102 valence electrons. The Hall–Kier alpha value is -0.870. The summed E-state index contributed by atoms with van der Waals surface area (Å²) in [6.45, 7) is 4.10. The quantitative estimate of drug-likeness (QED) is 0.826. The van der Waals surface area contributed by atoms with E-state index in [0.29, 0.717) is 0 Å². The van der Waals surface area contributed by atoms with E-state index < -0.39 is 10.8 Å². The lowest BCUT2D eigenvalue weighted by Gasteiger charge is -2.23. The summed E-state index contributed by atoms with van der Waals surface area (Å²) < 4.78 is 17.2. The van der Waals surface area contributed by atoms with Gasteiger partial charge in [0.05, 0.1) is 12.4 Å². The molecule has 3 nitrogen and oxygen atoms in total. The molecular weight excluding hydrogens is 246 g/mol. The molecule has 0 heterocycles. The van der Waals surface area contributed by atoms with E-state index in [-0.39, 0.29) is 11.3 Å². The molecule has 1 aromatic rings. The van der Waals surface area contributed by atoms with Gasteiger partial charge in [0, 0.05) is 22.6 Å². The van der Waals surface area contributed by atoms with Crippen molar-refractivity contribution < 1.29 is 8.95 Å². The van der Waals surface area contributed by atoms with Crippen molar-refractivity contribution >= 4 is 10.8 Å². The fourth-order valence-corrected chi connectivity index (χ4v) is 3.39. The summed E-state index contributed by atoms with van der Waals surface area (Å²) in [5.41, 5.74) is 1.15. The fourth-order valence-electron chi connectivity index (χ4n) is 2.02. The highest BCUT2D eigenvalue weighted by atomic mass is 32.2. The van der Waals surface area contributed by atoms with Crippen molar-refractivity contribution in [3.05, 3.63) is 29.8 Å². The first-order valence-corrected chi connectivity index (χ1v) is 7.70. The van der Waals surface area contributed by atoms with Crippen LogP contribution in [0.4, 0.5) is 0 Å². The van der Waals surface area contributed by atoms with Gasteiger partial charge in [-0.25, -0.2) is 0 Å². The molecule has 0 aliphatic heterocycles. The number of benzene rings is 1. The second kappa shape index (κ2) is 7.54. The van der Waals surface area contributed by atoms with E-state index in [9.17, 15) is 4.21 Å². The van der Waals surface area contributed by atoms with Crippen LogP contribution in [0.25, 0.3) is 0 Å². The summed E-state index contributed by atoms with van der Waals surface area (Å²) in [6.07, 6.45) is 0.954. The number of hydrogen-bond donors (Lipinski definition) is 1. The van der Waals surface area contributed by atoms with Crippen LogP contribution < -0.4 is 10.1 Å². The minimum absolute atomic E-state index is 0.100. The summed E-state index contributed by atoms with van der Waals surface area (Å²) in [4.78, 5) is 0. The van der Waals surface area contributed by atoms with Gasteiger partial charge >= 0.3 is 0 Å². The lowest BCUT2D eigenvalue weighted by Crippen LogP contribution is -2.31. The van der Waals surface area contributed by atoms with Crippen LogP contribution in [0.15, 0.2) is 24.3 Å². The van der Waals surface area contributed by atoms with Crippen molar-refractivity contribution in [2.45, 2.75) is 31.6 Å². The summed E-state index contributed by atoms with van der Waals surface area (Å²) in [5.74, 6) is 1.60. The molecule has 3 unspecified atom stereocenters. The van der Waals surface area contributed by atoms with Crippen molar-refractivity contribution in [2.24, 2.45) is 0 Å². The molecule has 4 heteroatoms. The predicted octanol–water partition coefficient (Wildman–Crippen LogP) is 2.50. The highest BCUT2D eigenvalue weighted by Gasteiger charge is 2.22. The molecule has 0 aliphatic rings. The van der Waals surface area contributed by atoms with Crippen LogP contribution in [0.2, 0.25) is 0 Å². The van der Waals surface area contributed by atoms with Gasteiger partial charge in [-0.3, -0.25) is 4.21 Å². The first-order valence-electron chi connectivity index (χ1n) is 6.32. The first-order chi connectivity index (χ1) is 8.63. The Bertz CT molecular complexity index is 378. The molecule has 3 atom stereocenters. The summed E-state index contributed by atoms with van der Waals surface area (Å²) in [7, 11) is 2.77. The molecule has 1 aromatic carbocycles. The van der Waals surface area contributed by atoms with Crippen LogP contribution in [0.3, 0.4) is 0 Å². The monoisotopic (exact) mass is 269 g/mol. The van der Waals surface area contributed by atoms with E-state index in [2.05, 4.69) is 12.2 Å². The topological polar surface area (TPSA) is 38.3 Å². The first kappa shape index (κ1) is 15.2. The molecule has 0 saturated carbocycles. The number of ether oxygens (including phenoxy) is 1. The smallest absolute Gasteiger partial charge is 0.118 e. The SMILES string of the molecule is CCCS(=O)C(C)C(NC)c1ccc(OC)cc1. The second-order valence-corrected chi connectivity index (χ2v) is 6.24. The van der Waals surface area contributed by atoms with Crippen LogP contribution in [-0.4, -0.2) is 29.4 Å². The normalized spacial score (nSPS) is 16.0. The van der Waals surface area contributed by atoms with Crippen molar-refractivity contribution in [1.82, 2.24) is 5.32 Å². The van der Waals surface area contributed by atoms with Crippen LogP contribution >= 0.6 is 0 Å². The van der Waals surface area contributed by atoms with E-state index in [0.717, 1.165) is 23.5 Å². The lowest BCUT2D eigenvalue weighted by atomic mass is 10.0. The molecular formula is C14H23NO2S. The molecule has 0 spiro atoms. The molecule has 0 saturated heterocycles. The van der Waals surface area contributed by atoms with Gasteiger partial charge in [-0.05, 0) is 38.1 Å². The van der Waals surface area contributed by atoms with Gasteiger partial charge in [-0.1, -0.05) is 19.1 Å². The predicted molar refractivity (Wildman–Crippen MR) is 77.6 cm³/mol. The van der Waals surface area contributed by atoms with Gasteiger partial charge in [0.15, 0.2) is 0 Å². The lowest BCUT2D eigenvalue weighted by molar-refractivity contribution is 0.414. The average molecular weight is 269 g/mol. The summed E-state index contributed by atoms with van der Waals surface area (Å²) in [6, 6.07) is 8.05. The Morgan fingerprint density at radius 3 is 2.39 bits per heavy atom. The zero-order valence-electron chi connectivity index (χ0n) is 11.6. The Balaban J connectivity index is 2.84. The summed E-state index contributed by atoms with van der Waals surface area (Å²) >= 11 is 0. The van der Waals surface area contributed by atoms with Crippen molar-refractivity contribution in [1.29, 1.82) is 0 Å². The minimum atomic E-state index is -0.796. The standard InChI is InChI=1S/C14H23NO2S/c1-5-10-18(16)11(2)14(15-3)12-6-8-13(17-4)9-7-12/h6-9,11,14-15H,5,10H2,1-4H3. The molecule has 0 bridgehead atoms. The van der Waals surface area contributed by atoms with E-state index in [4.69, 9.17) is 4.74 Å². The largest absolute Gasteiger partial charge is 0.497 e. The van der Waals surface area contributed by atoms with Crippen molar-refractivity contribution in [3.63, 3.8) is 0 Å². The zero-order valence-corrected chi connectivity index (χ0v) is 12.4. The van der Waals surface area contributed by atoms with Gasteiger partial charge in [0.25, 0.3) is 0 Å². The number of methoxy groups -OCH3 is 1. The molecule has 1 rings (SSSR count). The van der Waals surface area contributed by atoms with E-state index in [1.807, 2.05) is 38.2 Å². The number of rotatable bonds is 7. The third-order valence-corrected chi connectivity index (χ3v) is 4.99. The molecule has 0 fully saturated rings. The van der Waals surface area contributed by atoms with Crippen LogP contribution in [0.5, 0.6) is 5.75 Å². The third-order valence-electron chi connectivity index (χ3n) is 3.08. The van der Waals surface area contributed by atoms with E-state index >= 15 is 0 Å². The zero-order chi connectivity index (χ0) is 13.5. The van der Waals surface area contributed by atoms with E-state index in [1.54, 1.807) is 7.11 Å².